The first-order chi connectivity index (χ1) is 9.17. The molecule has 0 spiro atoms. The number of nitrogens with two attached hydrogens (primary N) is 1. The Labute approximate surface area is 115 Å². The lowest BCUT2D eigenvalue weighted by Gasteiger charge is -2.43. The van der Waals surface area contributed by atoms with Crippen molar-refractivity contribution < 1.29 is 9.47 Å². The molecule has 19 heavy (non-hydrogen) atoms. The lowest BCUT2D eigenvalue weighted by atomic mass is 9.96. The molecule has 2 atom stereocenters. The SMILES string of the molecule is COc1cccc(C2C(CN)OCCN2C(C)C)c1. The molecule has 4 heteroatoms. The average molecular weight is 264 g/mol. The van der Waals surface area contributed by atoms with E-state index in [0.717, 1.165) is 18.9 Å². The third-order valence-electron chi connectivity index (χ3n) is 3.72. The maximum atomic E-state index is 5.88. The van der Waals surface area contributed by atoms with E-state index in [1.165, 1.54) is 5.56 Å². The van der Waals surface area contributed by atoms with Crippen LogP contribution in [0.15, 0.2) is 24.3 Å². The molecule has 2 rings (SSSR count). The van der Waals surface area contributed by atoms with Gasteiger partial charge < -0.3 is 15.2 Å². The second-order valence-corrected chi connectivity index (χ2v) is 5.20. The Morgan fingerprint density at radius 1 is 1.47 bits per heavy atom. The Kier molecular flexibility index (Phi) is 4.80. The van der Waals surface area contributed by atoms with E-state index >= 15 is 0 Å². The summed E-state index contributed by atoms with van der Waals surface area (Å²) in [5, 5.41) is 0. The van der Waals surface area contributed by atoms with Gasteiger partial charge in [0.1, 0.15) is 5.75 Å². The summed E-state index contributed by atoms with van der Waals surface area (Å²) in [5.41, 5.74) is 7.09. The van der Waals surface area contributed by atoms with E-state index < -0.39 is 0 Å². The highest BCUT2D eigenvalue weighted by Gasteiger charge is 2.34. The van der Waals surface area contributed by atoms with Crippen LogP contribution in [0.25, 0.3) is 0 Å². The Hall–Kier alpha value is -1.10. The molecule has 0 radical (unpaired) electrons. The lowest BCUT2D eigenvalue weighted by Crippen LogP contribution is -2.50. The predicted octanol–water partition coefficient (Wildman–Crippen LogP) is 1.80. The molecule has 0 amide bonds. The molecule has 106 valence electrons. The van der Waals surface area contributed by atoms with Crippen molar-refractivity contribution in [2.45, 2.75) is 32.0 Å². The molecule has 1 aliphatic heterocycles. The topological polar surface area (TPSA) is 47.7 Å². The zero-order valence-corrected chi connectivity index (χ0v) is 12.0. The number of rotatable bonds is 4. The first-order valence-corrected chi connectivity index (χ1v) is 6.88. The molecule has 1 aromatic rings. The van der Waals surface area contributed by atoms with Crippen molar-refractivity contribution in [2.24, 2.45) is 5.73 Å². The highest BCUT2D eigenvalue weighted by atomic mass is 16.5. The molecular weight excluding hydrogens is 240 g/mol. The molecule has 1 aromatic carbocycles. The van der Waals surface area contributed by atoms with E-state index in [4.69, 9.17) is 15.2 Å². The van der Waals surface area contributed by atoms with Gasteiger partial charge in [-0.3, -0.25) is 4.90 Å². The smallest absolute Gasteiger partial charge is 0.119 e. The van der Waals surface area contributed by atoms with Crippen LogP contribution in [0.1, 0.15) is 25.5 Å². The lowest BCUT2D eigenvalue weighted by molar-refractivity contribution is -0.0789. The Morgan fingerprint density at radius 3 is 2.89 bits per heavy atom. The van der Waals surface area contributed by atoms with E-state index in [1.807, 2.05) is 12.1 Å². The summed E-state index contributed by atoms with van der Waals surface area (Å²) in [5.74, 6) is 0.877. The maximum absolute atomic E-state index is 5.88. The highest BCUT2D eigenvalue weighted by molar-refractivity contribution is 5.31. The van der Waals surface area contributed by atoms with Crippen molar-refractivity contribution in [3.63, 3.8) is 0 Å². The van der Waals surface area contributed by atoms with Crippen molar-refractivity contribution in [3.05, 3.63) is 29.8 Å². The van der Waals surface area contributed by atoms with Crippen LogP contribution in [0.3, 0.4) is 0 Å². The Balaban J connectivity index is 2.33. The fourth-order valence-electron chi connectivity index (χ4n) is 2.76. The zero-order chi connectivity index (χ0) is 13.8. The number of hydrogen-bond acceptors (Lipinski definition) is 4. The summed E-state index contributed by atoms with van der Waals surface area (Å²) >= 11 is 0. The monoisotopic (exact) mass is 264 g/mol. The van der Waals surface area contributed by atoms with Crippen molar-refractivity contribution in [1.82, 2.24) is 4.90 Å². The number of nitrogens with zero attached hydrogens (tertiary/aromatic N) is 1. The van der Waals surface area contributed by atoms with Gasteiger partial charge in [0.05, 0.1) is 25.9 Å². The number of benzene rings is 1. The third-order valence-corrected chi connectivity index (χ3v) is 3.72. The second kappa shape index (κ2) is 6.37. The number of ether oxygens (including phenoxy) is 2. The van der Waals surface area contributed by atoms with Crippen molar-refractivity contribution >= 4 is 0 Å². The minimum atomic E-state index is 0.0447. The van der Waals surface area contributed by atoms with Gasteiger partial charge in [0.2, 0.25) is 0 Å². The largest absolute Gasteiger partial charge is 0.497 e. The predicted molar refractivity (Wildman–Crippen MR) is 76.4 cm³/mol. The van der Waals surface area contributed by atoms with Crippen LogP contribution in [-0.4, -0.2) is 43.9 Å². The quantitative estimate of drug-likeness (QED) is 0.901. The number of morpholine rings is 1. The minimum absolute atomic E-state index is 0.0447. The molecule has 0 bridgehead atoms. The molecule has 2 unspecified atom stereocenters. The number of methoxy groups -OCH3 is 1. The van der Waals surface area contributed by atoms with E-state index in [2.05, 4.69) is 30.9 Å². The molecule has 2 N–H and O–H groups in total. The summed E-state index contributed by atoms with van der Waals surface area (Å²) < 4.78 is 11.2. The fraction of sp³-hybridized carbons (Fsp3) is 0.600. The molecule has 1 aliphatic rings. The van der Waals surface area contributed by atoms with Crippen LogP contribution in [0.5, 0.6) is 5.75 Å². The Morgan fingerprint density at radius 2 is 2.26 bits per heavy atom. The summed E-state index contributed by atoms with van der Waals surface area (Å²) in [6.07, 6.45) is 0.0447. The van der Waals surface area contributed by atoms with Crippen molar-refractivity contribution in [3.8, 4) is 5.75 Å². The van der Waals surface area contributed by atoms with Gasteiger partial charge in [-0.2, -0.15) is 0 Å². The third kappa shape index (κ3) is 3.08. The Bertz CT molecular complexity index is 409. The van der Waals surface area contributed by atoms with Gasteiger partial charge >= 0.3 is 0 Å². The van der Waals surface area contributed by atoms with Crippen LogP contribution >= 0.6 is 0 Å². The highest BCUT2D eigenvalue weighted by Crippen LogP contribution is 2.32. The van der Waals surface area contributed by atoms with Crippen LogP contribution in [-0.2, 0) is 4.74 Å². The van der Waals surface area contributed by atoms with Gasteiger partial charge in [0, 0.05) is 19.1 Å². The molecule has 1 saturated heterocycles. The van der Waals surface area contributed by atoms with E-state index in [0.29, 0.717) is 12.6 Å². The van der Waals surface area contributed by atoms with Gasteiger partial charge in [-0.25, -0.2) is 0 Å². The normalized spacial score (nSPS) is 24.7. The van der Waals surface area contributed by atoms with Crippen LogP contribution in [0.4, 0.5) is 0 Å². The van der Waals surface area contributed by atoms with Gasteiger partial charge in [0.25, 0.3) is 0 Å². The van der Waals surface area contributed by atoms with Gasteiger partial charge in [-0.05, 0) is 31.5 Å². The van der Waals surface area contributed by atoms with E-state index in [-0.39, 0.29) is 12.1 Å². The summed E-state index contributed by atoms with van der Waals surface area (Å²) in [4.78, 5) is 2.45. The van der Waals surface area contributed by atoms with Gasteiger partial charge in [-0.15, -0.1) is 0 Å². The number of hydrogen-bond donors (Lipinski definition) is 1. The van der Waals surface area contributed by atoms with Crippen molar-refractivity contribution in [1.29, 1.82) is 0 Å². The van der Waals surface area contributed by atoms with E-state index in [1.54, 1.807) is 7.11 Å². The van der Waals surface area contributed by atoms with Crippen LogP contribution in [0.2, 0.25) is 0 Å². The molecule has 1 fully saturated rings. The standard InChI is InChI=1S/C15H24N2O2/c1-11(2)17-7-8-19-14(10-16)15(17)12-5-4-6-13(9-12)18-3/h4-6,9,11,14-15H,7-8,10,16H2,1-3H3. The summed E-state index contributed by atoms with van der Waals surface area (Å²) in [6, 6.07) is 8.86. The van der Waals surface area contributed by atoms with Gasteiger partial charge in [0.15, 0.2) is 0 Å². The molecular formula is C15H24N2O2. The first kappa shape index (κ1) is 14.3. The minimum Gasteiger partial charge on any atom is -0.497 e. The average Bonchev–Trinajstić information content (AvgIpc) is 2.46. The fourth-order valence-corrected chi connectivity index (χ4v) is 2.76. The van der Waals surface area contributed by atoms with Gasteiger partial charge in [-0.1, -0.05) is 12.1 Å². The van der Waals surface area contributed by atoms with E-state index in [9.17, 15) is 0 Å². The molecule has 0 aliphatic carbocycles. The summed E-state index contributed by atoms with van der Waals surface area (Å²) in [7, 11) is 1.69. The second-order valence-electron chi connectivity index (χ2n) is 5.20. The molecule has 0 saturated carbocycles. The van der Waals surface area contributed by atoms with Crippen LogP contribution < -0.4 is 10.5 Å². The zero-order valence-electron chi connectivity index (χ0n) is 12.0. The van der Waals surface area contributed by atoms with Crippen LogP contribution in [0, 0.1) is 0 Å². The molecule has 4 nitrogen and oxygen atoms in total. The first-order valence-electron chi connectivity index (χ1n) is 6.88. The van der Waals surface area contributed by atoms with Crippen molar-refractivity contribution in [2.75, 3.05) is 26.8 Å². The maximum Gasteiger partial charge on any atom is 0.119 e. The summed E-state index contributed by atoms with van der Waals surface area (Å²) in [6.45, 7) is 6.65. The molecule has 0 aromatic heterocycles. The molecule has 1 heterocycles.